The van der Waals surface area contributed by atoms with Crippen molar-refractivity contribution in [2.45, 2.75) is 24.8 Å². The highest BCUT2D eigenvalue weighted by Gasteiger charge is 2.39. The van der Waals surface area contributed by atoms with E-state index in [1.165, 1.54) is 12.4 Å². The molecule has 0 radical (unpaired) electrons. The predicted molar refractivity (Wildman–Crippen MR) is 118 cm³/mol. The molecule has 2 heterocycles. The van der Waals surface area contributed by atoms with E-state index in [1.807, 2.05) is 12.1 Å². The van der Waals surface area contributed by atoms with Gasteiger partial charge in [-0.05, 0) is 56.1 Å². The number of aromatic nitrogens is 2. The number of rotatable bonds is 7. The lowest BCUT2D eigenvalue weighted by molar-refractivity contribution is -0.130. The number of phenolic OH excluding ortho intramolecular Hbond substituents is 1. The summed E-state index contributed by atoms with van der Waals surface area (Å²) in [6.07, 6.45) is 3.90. The first kappa shape index (κ1) is 21.3. The maximum atomic E-state index is 12.5. The van der Waals surface area contributed by atoms with E-state index in [4.69, 9.17) is 16.3 Å². The lowest BCUT2D eigenvalue weighted by Crippen LogP contribution is -2.59. The van der Waals surface area contributed by atoms with E-state index in [0.717, 1.165) is 12.8 Å². The second kappa shape index (κ2) is 9.05. The molecule has 0 bridgehead atoms. The first-order valence-electron chi connectivity index (χ1n) is 10.0. The molecule has 1 saturated heterocycles. The van der Waals surface area contributed by atoms with Crippen molar-refractivity contribution < 1.29 is 19.7 Å². The van der Waals surface area contributed by atoms with Crippen LogP contribution in [0.2, 0.25) is 5.02 Å². The number of aliphatic hydroxyl groups excluding tert-OH is 1. The summed E-state index contributed by atoms with van der Waals surface area (Å²) in [7, 11) is 0. The van der Waals surface area contributed by atoms with E-state index in [1.54, 1.807) is 18.2 Å². The summed E-state index contributed by atoms with van der Waals surface area (Å²) >= 11 is 6.02. The number of hydrogen-bond donors (Lipinski definition) is 4. The van der Waals surface area contributed by atoms with Gasteiger partial charge >= 0.3 is 0 Å². The summed E-state index contributed by atoms with van der Waals surface area (Å²) in [5.74, 6) is 0.729. The number of nitrogens with one attached hydrogen (secondary N) is 2. The first-order valence-corrected chi connectivity index (χ1v) is 10.4. The summed E-state index contributed by atoms with van der Waals surface area (Å²) in [6.45, 7) is 0.246. The zero-order valence-electron chi connectivity index (χ0n) is 16.8. The van der Waals surface area contributed by atoms with Crippen molar-refractivity contribution in [2.24, 2.45) is 0 Å². The van der Waals surface area contributed by atoms with E-state index in [0.29, 0.717) is 41.1 Å². The summed E-state index contributed by atoms with van der Waals surface area (Å²) in [6, 6.07) is 10.2. The van der Waals surface area contributed by atoms with Gasteiger partial charge < -0.3 is 25.6 Å². The fourth-order valence-electron chi connectivity index (χ4n) is 3.78. The summed E-state index contributed by atoms with van der Waals surface area (Å²) in [4.78, 5) is 21.1. The number of benzene rings is 2. The number of carbonyl (C=O) groups excluding carboxylic acids is 1. The molecule has 8 nitrogen and oxygen atoms in total. The predicted octanol–water partition coefficient (Wildman–Crippen LogP) is 3.18. The van der Waals surface area contributed by atoms with Crippen LogP contribution in [0.4, 0.5) is 11.5 Å². The van der Waals surface area contributed by atoms with Gasteiger partial charge in [-0.15, -0.1) is 0 Å². The van der Waals surface area contributed by atoms with Crippen LogP contribution in [-0.4, -0.2) is 51.3 Å². The third-order valence-corrected chi connectivity index (χ3v) is 5.78. The smallest absolute Gasteiger partial charge is 0.181 e. The highest BCUT2D eigenvalue weighted by Crippen LogP contribution is 2.34. The molecule has 4 rings (SSSR count). The maximum absolute atomic E-state index is 12.5. The summed E-state index contributed by atoms with van der Waals surface area (Å²) < 4.78 is 6.13. The van der Waals surface area contributed by atoms with Gasteiger partial charge in [-0.1, -0.05) is 17.7 Å². The number of hydrogen-bond acceptors (Lipinski definition) is 8. The minimum atomic E-state index is -0.914. The van der Waals surface area contributed by atoms with E-state index < -0.39 is 12.1 Å². The van der Waals surface area contributed by atoms with Crippen LogP contribution < -0.4 is 15.4 Å². The molecule has 0 unspecified atom stereocenters. The second-order valence-electron chi connectivity index (χ2n) is 7.50. The Morgan fingerprint density at radius 1 is 1.26 bits per heavy atom. The van der Waals surface area contributed by atoms with E-state index in [9.17, 15) is 15.0 Å². The number of anilines is 2. The van der Waals surface area contributed by atoms with Gasteiger partial charge in [-0.2, -0.15) is 0 Å². The molecule has 31 heavy (non-hydrogen) atoms. The van der Waals surface area contributed by atoms with Crippen molar-refractivity contribution in [2.75, 3.05) is 25.1 Å². The molecule has 1 fully saturated rings. The number of aliphatic hydroxyl groups is 1. The Balaban J connectivity index is 1.66. The monoisotopic (exact) mass is 442 g/mol. The minimum Gasteiger partial charge on any atom is -0.506 e. The Morgan fingerprint density at radius 2 is 2.13 bits per heavy atom. The minimum absolute atomic E-state index is 0.0115. The molecule has 0 aliphatic carbocycles. The van der Waals surface area contributed by atoms with Gasteiger partial charge in [0, 0.05) is 5.69 Å². The molecular weight excluding hydrogens is 420 g/mol. The molecule has 1 aliphatic heterocycles. The van der Waals surface area contributed by atoms with Gasteiger partial charge in [-0.25, -0.2) is 9.97 Å². The van der Waals surface area contributed by atoms with Gasteiger partial charge in [0.2, 0.25) is 0 Å². The maximum Gasteiger partial charge on any atom is 0.181 e. The number of aromatic hydroxyl groups is 1. The van der Waals surface area contributed by atoms with Gasteiger partial charge in [0.1, 0.15) is 42.4 Å². The zero-order valence-corrected chi connectivity index (χ0v) is 17.5. The summed E-state index contributed by atoms with van der Waals surface area (Å²) in [5.41, 5.74) is 0.389. The van der Waals surface area contributed by atoms with Gasteiger partial charge in [0.25, 0.3) is 0 Å². The van der Waals surface area contributed by atoms with Crippen LogP contribution >= 0.6 is 11.6 Å². The number of Topliss-reactive ketones (excluding diaryl/α,β-unsaturated/α-hetero) is 1. The quantitative estimate of drug-likeness (QED) is 0.412. The molecule has 9 heteroatoms. The average molecular weight is 443 g/mol. The van der Waals surface area contributed by atoms with Crippen LogP contribution in [0.15, 0.2) is 42.7 Å². The van der Waals surface area contributed by atoms with Crippen molar-refractivity contribution in [3.63, 3.8) is 0 Å². The number of ether oxygens (including phenoxy) is 1. The van der Waals surface area contributed by atoms with E-state index in [2.05, 4.69) is 20.6 Å². The molecule has 1 atom stereocenters. The molecule has 4 N–H and O–H groups in total. The topological polar surface area (TPSA) is 117 Å². The third kappa shape index (κ3) is 4.41. The summed E-state index contributed by atoms with van der Waals surface area (Å²) in [5, 5.41) is 26.4. The number of piperidine rings is 1. The molecular formula is C22H23ClN4O4. The fraction of sp³-hybridized carbons (Fsp3) is 0.318. The van der Waals surface area contributed by atoms with Crippen molar-refractivity contribution >= 4 is 39.8 Å². The van der Waals surface area contributed by atoms with Crippen LogP contribution in [0.1, 0.15) is 19.3 Å². The highest BCUT2D eigenvalue weighted by atomic mass is 35.5. The van der Waals surface area contributed by atoms with Crippen molar-refractivity contribution in [3.05, 3.63) is 47.7 Å². The SMILES string of the molecule is O=C(CO)[C@]1(COc2cccc3ncnc(Nc4ccc(O)c(Cl)c4)c23)CCCCN1. The molecule has 0 saturated carbocycles. The van der Waals surface area contributed by atoms with E-state index in [-0.39, 0.29) is 23.2 Å². The average Bonchev–Trinajstić information content (AvgIpc) is 2.80. The Kier molecular flexibility index (Phi) is 6.22. The van der Waals surface area contributed by atoms with Crippen LogP contribution in [0.3, 0.4) is 0 Å². The standard InChI is InChI=1S/C22H23ClN4O4/c23-15-10-14(6-7-17(15)29)27-21-20-16(24-13-25-21)4-3-5-18(20)31-12-22(19(30)11-28)8-1-2-9-26-22/h3-7,10,13,26,28-29H,1-2,8-9,11-12H2,(H,24,25,27)/t22-/m1/s1. The Labute approximate surface area is 184 Å². The zero-order chi connectivity index (χ0) is 21.8. The highest BCUT2D eigenvalue weighted by molar-refractivity contribution is 6.32. The number of nitrogens with zero attached hydrogens (tertiary/aromatic N) is 2. The lowest BCUT2D eigenvalue weighted by Gasteiger charge is -2.36. The molecule has 1 aromatic heterocycles. The molecule has 2 aromatic carbocycles. The Bertz CT molecular complexity index is 1100. The largest absolute Gasteiger partial charge is 0.506 e. The molecule has 0 amide bonds. The Hall–Kier alpha value is -2.94. The van der Waals surface area contributed by atoms with Crippen molar-refractivity contribution in [3.8, 4) is 11.5 Å². The van der Waals surface area contributed by atoms with Crippen LogP contribution in [-0.2, 0) is 4.79 Å². The number of fused-ring (bicyclic) bond motifs is 1. The molecule has 0 spiro atoms. The third-order valence-electron chi connectivity index (χ3n) is 5.48. The second-order valence-corrected chi connectivity index (χ2v) is 7.91. The Morgan fingerprint density at radius 3 is 2.87 bits per heavy atom. The molecule has 162 valence electrons. The van der Waals surface area contributed by atoms with Crippen molar-refractivity contribution in [1.29, 1.82) is 0 Å². The molecule has 1 aliphatic rings. The first-order chi connectivity index (χ1) is 15.0. The normalized spacial score (nSPS) is 18.6. The molecule has 3 aromatic rings. The van der Waals surface area contributed by atoms with Gasteiger partial charge in [0.05, 0.1) is 15.9 Å². The van der Waals surface area contributed by atoms with Crippen LogP contribution in [0.25, 0.3) is 10.9 Å². The van der Waals surface area contributed by atoms with Gasteiger partial charge in [0.15, 0.2) is 5.78 Å². The van der Waals surface area contributed by atoms with E-state index >= 15 is 0 Å². The number of ketones is 1. The number of phenols is 1. The van der Waals surface area contributed by atoms with Crippen LogP contribution in [0, 0.1) is 0 Å². The fourth-order valence-corrected chi connectivity index (χ4v) is 3.96. The van der Waals surface area contributed by atoms with Crippen LogP contribution in [0.5, 0.6) is 11.5 Å². The number of halogens is 1. The van der Waals surface area contributed by atoms with Gasteiger partial charge in [-0.3, -0.25) is 4.79 Å². The van der Waals surface area contributed by atoms with Crippen molar-refractivity contribution in [1.82, 2.24) is 15.3 Å². The number of carbonyl (C=O) groups is 1. The lowest BCUT2D eigenvalue weighted by atomic mass is 9.86.